The Bertz CT molecular complexity index is 728. The first kappa shape index (κ1) is 13.3. The van der Waals surface area contributed by atoms with Crippen LogP contribution in [0.2, 0.25) is 0 Å². The van der Waals surface area contributed by atoms with Crippen molar-refractivity contribution < 1.29 is 4.79 Å². The zero-order valence-corrected chi connectivity index (χ0v) is 12.5. The summed E-state index contributed by atoms with van der Waals surface area (Å²) in [5.41, 5.74) is 5.03. The van der Waals surface area contributed by atoms with Gasteiger partial charge in [0.2, 0.25) is 5.91 Å². The molecule has 2 heteroatoms. The summed E-state index contributed by atoms with van der Waals surface area (Å²) in [5.74, 6) is 0.415. The van der Waals surface area contributed by atoms with E-state index in [0.717, 1.165) is 24.8 Å². The molecule has 1 saturated carbocycles. The summed E-state index contributed by atoms with van der Waals surface area (Å²) in [5, 5.41) is 3.05. The van der Waals surface area contributed by atoms with E-state index in [9.17, 15) is 4.79 Å². The van der Waals surface area contributed by atoms with E-state index in [0.29, 0.717) is 12.0 Å². The lowest BCUT2D eigenvalue weighted by molar-refractivity contribution is -0.116. The molecule has 2 aromatic rings. The first-order valence-corrected chi connectivity index (χ1v) is 7.96. The van der Waals surface area contributed by atoms with Crippen LogP contribution >= 0.6 is 0 Å². The summed E-state index contributed by atoms with van der Waals surface area (Å²) in [4.78, 5) is 12.1. The molecule has 2 nitrogen and oxygen atoms in total. The highest BCUT2D eigenvalue weighted by atomic mass is 16.1. The van der Waals surface area contributed by atoms with Gasteiger partial charge < -0.3 is 5.32 Å². The van der Waals surface area contributed by atoms with Gasteiger partial charge in [-0.1, -0.05) is 54.6 Å². The first-order chi connectivity index (χ1) is 10.8. The molecule has 0 spiro atoms. The standard InChI is InChI=1S/C20H19NO/c22-20(21-16-10-11-16)13-15-12-19(14-6-2-1-3-7-14)18-9-5-4-8-17(15)18/h1-9,13,16,19H,10-12H2,(H,21,22)/b15-13-. The van der Waals surface area contributed by atoms with Crippen LogP contribution in [0.4, 0.5) is 0 Å². The molecule has 0 bridgehead atoms. The fraction of sp³-hybridized carbons (Fsp3) is 0.250. The van der Waals surface area contributed by atoms with Gasteiger partial charge in [-0.25, -0.2) is 0 Å². The lowest BCUT2D eigenvalue weighted by atomic mass is 9.93. The van der Waals surface area contributed by atoms with Crippen LogP contribution < -0.4 is 5.32 Å². The van der Waals surface area contributed by atoms with Crippen LogP contribution in [0.15, 0.2) is 60.7 Å². The highest BCUT2D eigenvalue weighted by Crippen LogP contribution is 2.44. The quantitative estimate of drug-likeness (QED) is 0.854. The van der Waals surface area contributed by atoms with Crippen molar-refractivity contribution in [3.05, 3.63) is 77.4 Å². The number of hydrogen-bond donors (Lipinski definition) is 1. The summed E-state index contributed by atoms with van der Waals surface area (Å²) in [6.07, 6.45) is 4.96. The summed E-state index contributed by atoms with van der Waals surface area (Å²) in [6, 6.07) is 19.4. The highest BCUT2D eigenvalue weighted by molar-refractivity contribution is 5.97. The van der Waals surface area contributed by atoms with Crippen LogP contribution in [0.1, 0.15) is 41.9 Å². The molecule has 0 heterocycles. The molecule has 0 saturated heterocycles. The third-order valence-electron chi connectivity index (χ3n) is 4.54. The van der Waals surface area contributed by atoms with Gasteiger partial charge in [0, 0.05) is 18.0 Å². The maximum absolute atomic E-state index is 12.1. The molecule has 2 aliphatic carbocycles. The second kappa shape index (κ2) is 5.45. The Hall–Kier alpha value is -2.35. The molecular weight excluding hydrogens is 270 g/mol. The van der Waals surface area contributed by atoms with E-state index >= 15 is 0 Å². The summed E-state index contributed by atoms with van der Waals surface area (Å²) in [7, 11) is 0. The lowest BCUT2D eigenvalue weighted by Gasteiger charge is -2.11. The number of nitrogens with one attached hydrogen (secondary N) is 1. The van der Waals surface area contributed by atoms with Crippen molar-refractivity contribution in [1.29, 1.82) is 0 Å². The Morgan fingerprint density at radius 3 is 2.50 bits per heavy atom. The molecule has 4 rings (SSSR count). The molecule has 1 N–H and O–H groups in total. The molecule has 2 aromatic carbocycles. The first-order valence-electron chi connectivity index (χ1n) is 7.96. The normalized spacial score (nSPS) is 21.6. The number of hydrogen-bond acceptors (Lipinski definition) is 1. The number of allylic oxidation sites excluding steroid dienone is 1. The molecule has 1 unspecified atom stereocenters. The molecule has 0 radical (unpaired) electrons. The van der Waals surface area contributed by atoms with Gasteiger partial charge in [-0.05, 0) is 41.5 Å². The van der Waals surface area contributed by atoms with E-state index in [4.69, 9.17) is 0 Å². The van der Waals surface area contributed by atoms with Crippen LogP contribution in [0.5, 0.6) is 0 Å². The summed E-state index contributed by atoms with van der Waals surface area (Å²) < 4.78 is 0. The second-order valence-electron chi connectivity index (χ2n) is 6.21. The van der Waals surface area contributed by atoms with E-state index in [-0.39, 0.29) is 5.91 Å². The fourth-order valence-corrected chi connectivity index (χ4v) is 3.28. The number of amides is 1. The van der Waals surface area contributed by atoms with Gasteiger partial charge in [0.15, 0.2) is 0 Å². The Kier molecular flexibility index (Phi) is 3.30. The van der Waals surface area contributed by atoms with E-state index in [1.807, 2.05) is 6.07 Å². The number of rotatable bonds is 3. The average molecular weight is 289 g/mol. The van der Waals surface area contributed by atoms with Gasteiger partial charge in [-0.3, -0.25) is 4.79 Å². The van der Waals surface area contributed by atoms with Gasteiger partial charge >= 0.3 is 0 Å². The number of carbonyl (C=O) groups is 1. The van der Waals surface area contributed by atoms with Crippen LogP contribution in [0.25, 0.3) is 5.57 Å². The predicted molar refractivity (Wildman–Crippen MR) is 88.5 cm³/mol. The third kappa shape index (κ3) is 2.57. The highest BCUT2D eigenvalue weighted by Gasteiger charge is 2.28. The van der Waals surface area contributed by atoms with E-state index in [1.165, 1.54) is 16.7 Å². The minimum atomic E-state index is 0.0565. The van der Waals surface area contributed by atoms with Crippen LogP contribution in [0, 0.1) is 0 Å². The summed E-state index contributed by atoms with van der Waals surface area (Å²) >= 11 is 0. The molecule has 0 aliphatic heterocycles. The zero-order valence-electron chi connectivity index (χ0n) is 12.5. The van der Waals surface area contributed by atoms with Crippen molar-refractivity contribution in [2.45, 2.75) is 31.2 Å². The maximum Gasteiger partial charge on any atom is 0.244 e. The number of carbonyl (C=O) groups excluding carboxylic acids is 1. The Labute approximate surface area is 130 Å². The third-order valence-corrected chi connectivity index (χ3v) is 4.54. The molecule has 1 fully saturated rings. The van der Waals surface area contributed by atoms with Gasteiger partial charge in [0.25, 0.3) is 0 Å². The van der Waals surface area contributed by atoms with Crippen molar-refractivity contribution in [1.82, 2.24) is 5.32 Å². The molecular formula is C20H19NO. The summed E-state index contributed by atoms with van der Waals surface area (Å²) in [6.45, 7) is 0. The SMILES string of the molecule is O=C(/C=C1/CC(c2ccccc2)c2ccccc21)NC1CC1. The Morgan fingerprint density at radius 1 is 1.00 bits per heavy atom. The Balaban J connectivity index is 1.67. The minimum absolute atomic E-state index is 0.0565. The topological polar surface area (TPSA) is 29.1 Å². The van der Waals surface area contributed by atoms with Gasteiger partial charge in [-0.2, -0.15) is 0 Å². The second-order valence-corrected chi connectivity index (χ2v) is 6.21. The van der Waals surface area contributed by atoms with Gasteiger partial charge in [-0.15, -0.1) is 0 Å². The number of fused-ring (bicyclic) bond motifs is 1. The van der Waals surface area contributed by atoms with Crippen LogP contribution in [-0.4, -0.2) is 11.9 Å². The van der Waals surface area contributed by atoms with E-state index in [2.05, 4.69) is 53.8 Å². The van der Waals surface area contributed by atoms with Crippen molar-refractivity contribution in [2.24, 2.45) is 0 Å². The van der Waals surface area contributed by atoms with Crippen molar-refractivity contribution in [3.8, 4) is 0 Å². The van der Waals surface area contributed by atoms with E-state index in [1.54, 1.807) is 6.08 Å². The van der Waals surface area contributed by atoms with Crippen molar-refractivity contribution in [2.75, 3.05) is 0 Å². The zero-order chi connectivity index (χ0) is 14.9. The average Bonchev–Trinajstić information content (AvgIpc) is 3.29. The fourth-order valence-electron chi connectivity index (χ4n) is 3.28. The monoisotopic (exact) mass is 289 g/mol. The molecule has 22 heavy (non-hydrogen) atoms. The van der Waals surface area contributed by atoms with Crippen LogP contribution in [-0.2, 0) is 4.79 Å². The molecule has 1 atom stereocenters. The molecule has 2 aliphatic rings. The predicted octanol–water partition coefficient (Wildman–Crippen LogP) is 3.88. The maximum atomic E-state index is 12.1. The van der Waals surface area contributed by atoms with Crippen molar-refractivity contribution >= 4 is 11.5 Å². The van der Waals surface area contributed by atoms with Gasteiger partial charge in [0.1, 0.15) is 0 Å². The van der Waals surface area contributed by atoms with Crippen molar-refractivity contribution in [3.63, 3.8) is 0 Å². The van der Waals surface area contributed by atoms with Crippen LogP contribution in [0.3, 0.4) is 0 Å². The Morgan fingerprint density at radius 2 is 1.73 bits per heavy atom. The smallest absolute Gasteiger partial charge is 0.244 e. The molecule has 1 amide bonds. The number of benzene rings is 2. The molecule has 110 valence electrons. The largest absolute Gasteiger partial charge is 0.350 e. The lowest BCUT2D eigenvalue weighted by Crippen LogP contribution is -2.23. The van der Waals surface area contributed by atoms with Gasteiger partial charge in [0.05, 0.1) is 0 Å². The minimum Gasteiger partial charge on any atom is -0.350 e. The van der Waals surface area contributed by atoms with E-state index < -0.39 is 0 Å². The molecule has 0 aromatic heterocycles.